The molecule has 106 valence electrons. The van der Waals surface area contributed by atoms with Crippen molar-refractivity contribution in [2.24, 2.45) is 5.92 Å². The largest absolute Gasteiger partial charge is 0.325 e. The molecule has 0 heterocycles. The maximum Gasteiger partial charge on any atom is 0.242 e. The summed E-state index contributed by atoms with van der Waals surface area (Å²) >= 11 is 0. The zero-order chi connectivity index (χ0) is 15.1. The Bertz CT molecular complexity index is 644. The highest BCUT2D eigenvalue weighted by Gasteiger charge is 2.18. The van der Waals surface area contributed by atoms with Crippen LogP contribution in [-0.4, -0.2) is 5.91 Å². The van der Waals surface area contributed by atoms with E-state index in [1.807, 2.05) is 54.6 Å². The molecule has 0 aliphatic rings. The van der Waals surface area contributed by atoms with Gasteiger partial charge in [0.25, 0.3) is 0 Å². The van der Waals surface area contributed by atoms with Crippen LogP contribution in [-0.2, 0) is 17.6 Å². The van der Waals surface area contributed by atoms with E-state index >= 15 is 0 Å². The SMILES string of the molecule is CCc1cccc(NC(=O)C(C#N)Cc2ccccc2)c1. The number of nitrogens with one attached hydrogen (secondary N) is 1. The summed E-state index contributed by atoms with van der Waals surface area (Å²) in [6.07, 6.45) is 1.34. The highest BCUT2D eigenvalue weighted by atomic mass is 16.1. The van der Waals surface area contributed by atoms with Crippen LogP contribution < -0.4 is 5.32 Å². The van der Waals surface area contributed by atoms with Gasteiger partial charge in [0.05, 0.1) is 6.07 Å². The topological polar surface area (TPSA) is 52.9 Å². The number of nitriles is 1. The van der Waals surface area contributed by atoms with Gasteiger partial charge in [-0.15, -0.1) is 0 Å². The van der Waals surface area contributed by atoms with E-state index in [9.17, 15) is 10.1 Å². The number of hydrogen-bond donors (Lipinski definition) is 1. The minimum atomic E-state index is -0.683. The van der Waals surface area contributed by atoms with Gasteiger partial charge in [0.15, 0.2) is 0 Å². The summed E-state index contributed by atoms with van der Waals surface area (Å²) < 4.78 is 0. The molecule has 1 amide bonds. The molecule has 21 heavy (non-hydrogen) atoms. The molecule has 3 nitrogen and oxygen atoms in total. The van der Waals surface area contributed by atoms with Crippen molar-refractivity contribution in [2.75, 3.05) is 5.32 Å². The third-order valence-electron chi connectivity index (χ3n) is 3.36. The Balaban J connectivity index is 2.05. The number of hydrogen-bond acceptors (Lipinski definition) is 2. The Kier molecular flexibility index (Phi) is 5.11. The van der Waals surface area contributed by atoms with Gasteiger partial charge in [-0.2, -0.15) is 5.26 Å². The van der Waals surface area contributed by atoms with Gasteiger partial charge < -0.3 is 5.32 Å². The first-order valence-electron chi connectivity index (χ1n) is 7.06. The predicted molar refractivity (Wildman–Crippen MR) is 83.7 cm³/mol. The molecule has 0 saturated carbocycles. The molecule has 0 bridgehead atoms. The fourth-order valence-corrected chi connectivity index (χ4v) is 2.15. The number of aryl methyl sites for hydroxylation is 1. The summed E-state index contributed by atoms with van der Waals surface area (Å²) in [6.45, 7) is 2.06. The van der Waals surface area contributed by atoms with Crippen LogP contribution in [0.25, 0.3) is 0 Å². The molecule has 3 heteroatoms. The van der Waals surface area contributed by atoms with Crippen LogP contribution >= 0.6 is 0 Å². The van der Waals surface area contributed by atoms with Gasteiger partial charge in [0, 0.05) is 5.69 Å². The van der Waals surface area contributed by atoms with E-state index in [2.05, 4.69) is 18.3 Å². The van der Waals surface area contributed by atoms with Gasteiger partial charge >= 0.3 is 0 Å². The second-order valence-electron chi connectivity index (χ2n) is 4.91. The number of anilines is 1. The number of nitrogens with zero attached hydrogens (tertiary/aromatic N) is 1. The Morgan fingerprint density at radius 2 is 1.86 bits per heavy atom. The second kappa shape index (κ2) is 7.25. The van der Waals surface area contributed by atoms with Crippen molar-refractivity contribution in [1.29, 1.82) is 5.26 Å². The quantitative estimate of drug-likeness (QED) is 0.909. The lowest BCUT2D eigenvalue weighted by Gasteiger charge is -2.11. The molecule has 0 radical (unpaired) electrons. The van der Waals surface area contributed by atoms with Gasteiger partial charge in [0.1, 0.15) is 5.92 Å². The molecule has 0 aliphatic heterocycles. The maximum atomic E-state index is 12.2. The summed E-state index contributed by atoms with van der Waals surface area (Å²) in [4.78, 5) is 12.2. The van der Waals surface area contributed by atoms with E-state index < -0.39 is 5.92 Å². The zero-order valence-electron chi connectivity index (χ0n) is 12.0. The summed E-state index contributed by atoms with van der Waals surface area (Å²) in [5.74, 6) is -0.938. The second-order valence-corrected chi connectivity index (χ2v) is 4.91. The molecule has 0 aliphatic carbocycles. The molecule has 1 atom stereocenters. The van der Waals surface area contributed by atoms with E-state index in [0.29, 0.717) is 6.42 Å². The van der Waals surface area contributed by atoms with Crippen LogP contribution in [0.2, 0.25) is 0 Å². The van der Waals surface area contributed by atoms with Crippen molar-refractivity contribution in [1.82, 2.24) is 0 Å². The van der Waals surface area contributed by atoms with Crippen molar-refractivity contribution < 1.29 is 4.79 Å². The normalized spacial score (nSPS) is 11.4. The number of benzene rings is 2. The summed E-state index contributed by atoms with van der Waals surface area (Å²) in [6, 6.07) is 19.4. The van der Waals surface area contributed by atoms with Crippen molar-refractivity contribution in [3.8, 4) is 6.07 Å². The highest BCUT2D eigenvalue weighted by Crippen LogP contribution is 2.14. The molecule has 0 saturated heterocycles. The van der Waals surface area contributed by atoms with E-state index in [-0.39, 0.29) is 5.91 Å². The van der Waals surface area contributed by atoms with Crippen LogP contribution in [0.5, 0.6) is 0 Å². The van der Waals surface area contributed by atoms with Crippen molar-refractivity contribution in [3.63, 3.8) is 0 Å². The first-order valence-corrected chi connectivity index (χ1v) is 7.06. The summed E-state index contributed by atoms with van der Waals surface area (Å²) in [5, 5.41) is 12.1. The standard InChI is InChI=1S/C18H18N2O/c1-2-14-9-6-10-17(12-14)20-18(21)16(13-19)11-15-7-4-3-5-8-15/h3-10,12,16H,2,11H2,1H3,(H,20,21). The van der Waals surface area contributed by atoms with Gasteiger partial charge in [-0.05, 0) is 36.1 Å². The van der Waals surface area contributed by atoms with Gasteiger partial charge in [-0.1, -0.05) is 49.4 Å². The highest BCUT2D eigenvalue weighted by molar-refractivity contribution is 5.94. The first-order chi connectivity index (χ1) is 10.2. The van der Waals surface area contributed by atoms with Gasteiger partial charge in [0.2, 0.25) is 5.91 Å². The third-order valence-corrected chi connectivity index (χ3v) is 3.36. The van der Waals surface area contributed by atoms with Crippen molar-refractivity contribution in [3.05, 3.63) is 65.7 Å². The molecule has 2 rings (SSSR count). The van der Waals surface area contributed by atoms with E-state index in [4.69, 9.17) is 0 Å². The monoisotopic (exact) mass is 278 g/mol. The smallest absolute Gasteiger partial charge is 0.242 e. The maximum absolute atomic E-state index is 12.2. The van der Waals surface area contributed by atoms with Crippen LogP contribution in [0.4, 0.5) is 5.69 Å². The molecular weight excluding hydrogens is 260 g/mol. The fourth-order valence-electron chi connectivity index (χ4n) is 2.15. The fraction of sp³-hybridized carbons (Fsp3) is 0.222. The number of carbonyl (C=O) groups is 1. The van der Waals surface area contributed by atoms with Crippen LogP contribution in [0, 0.1) is 17.2 Å². The number of carbonyl (C=O) groups excluding carboxylic acids is 1. The number of amides is 1. The predicted octanol–water partition coefficient (Wildman–Crippen LogP) is 3.57. The zero-order valence-corrected chi connectivity index (χ0v) is 12.0. The lowest BCUT2D eigenvalue weighted by molar-refractivity contribution is -0.118. The van der Waals surface area contributed by atoms with Gasteiger partial charge in [-0.25, -0.2) is 0 Å². The van der Waals surface area contributed by atoms with Gasteiger partial charge in [-0.3, -0.25) is 4.79 Å². The third kappa shape index (κ3) is 4.19. The average molecular weight is 278 g/mol. The van der Waals surface area contributed by atoms with Crippen molar-refractivity contribution >= 4 is 11.6 Å². The summed E-state index contributed by atoms with van der Waals surface area (Å²) in [5.41, 5.74) is 2.89. The Morgan fingerprint density at radius 1 is 1.14 bits per heavy atom. The molecule has 1 N–H and O–H groups in total. The molecular formula is C18H18N2O. The van der Waals surface area contributed by atoms with E-state index in [1.165, 1.54) is 0 Å². The lowest BCUT2D eigenvalue weighted by atomic mass is 10.00. The molecule has 2 aromatic carbocycles. The molecule has 1 unspecified atom stereocenters. The van der Waals surface area contributed by atoms with E-state index in [0.717, 1.165) is 23.2 Å². The van der Waals surface area contributed by atoms with E-state index in [1.54, 1.807) is 0 Å². The molecule has 0 spiro atoms. The lowest BCUT2D eigenvalue weighted by Crippen LogP contribution is -2.23. The van der Waals surface area contributed by atoms with Crippen LogP contribution in [0.1, 0.15) is 18.1 Å². The first kappa shape index (κ1) is 14.8. The Morgan fingerprint density at radius 3 is 2.52 bits per heavy atom. The minimum Gasteiger partial charge on any atom is -0.325 e. The Labute approximate surface area is 125 Å². The molecule has 0 aromatic heterocycles. The molecule has 2 aromatic rings. The van der Waals surface area contributed by atoms with Crippen LogP contribution in [0.15, 0.2) is 54.6 Å². The Hall–Kier alpha value is -2.60. The molecule has 0 fully saturated rings. The number of rotatable bonds is 5. The van der Waals surface area contributed by atoms with Crippen molar-refractivity contribution in [2.45, 2.75) is 19.8 Å². The van der Waals surface area contributed by atoms with Crippen LogP contribution in [0.3, 0.4) is 0 Å². The average Bonchev–Trinajstić information content (AvgIpc) is 2.53. The minimum absolute atomic E-state index is 0.255. The summed E-state index contributed by atoms with van der Waals surface area (Å²) in [7, 11) is 0.